The molecule has 0 saturated heterocycles. The molecule has 0 bridgehead atoms. The Bertz CT molecular complexity index is 379. The van der Waals surface area contributed by atoms with E-state index in [-0.39, 0.29) is 29.7 Å². The van der Waals surface area contributed by atoms with Crippen LogP contribution in [0.2, 0.25) is 5.02 Å². The number of ketones is 1. The molecule has 4 nitrogen and oxygen atoms in total. The maximum absolute atomic E-state index is 11.1. The molecule has 0 atom stereocenters. The Hall–Kier alpha value is -1.26. The Balaban J connectivity index is 3.04. The summed E-state index contributed by atoms with van der Waals surface area (Å²) in [6, 6.07) is 3.11. The van der Waals surface area contributed by atoms with Crippen molar-refractivity contribution in [3.8, 4) is 5.75 Å². The second-order valence-electron chi connectivity index (χ2n) is 2.97. The number of rotatable bonds is 4. The monoisotopic (exact) mass is 229 g/mol. The summed E-state index contributed by atoms with van der Waals surface area (Å²) < 4.78 is 5.13. The largest absolute Gasteiger partial charge is 0.490 e. The van der Waals surface area contributed by atoms with Gasteiger partial charge in [-0.1, -0.05) is 11.6 Å². The van der Waals surface area contributed by atoms with Crippen molar-refractivity contribution in [1.82, 2.24) is 0 Å². The number of carbonyl (C=O) groups excluding carboxylic acids is 1. The van der Waals surface area contributed by atoms with Crippen molar-refractivity contribution in [2.75, 3.05) is 18.9 Å². The molecule has 0 fully saturated rings. The minimum absolute atomic E-state index is 0.106. The van der Waals surface area contributed by atoms with Crippen molar-refractivity contribution in [2.24, 2.45) is 0 Å². The van der Waals surface area contributed by atoms with Crippen LogP contribution in [0.1, 0.15) is 17.3 Å². The van der Waals surface area contributed by atoms with Crippen LogP contribution >= 0.6 is 11.6 Å². The van der Waals surface area contributed by atoms with Gasteiger partial charge < -0.3 is 15.6 Å². The third kappa shape index (κ3) is 2.61. The summed E-state index contributed by atoms with van der Waals surface area (Å²) in [5, 5.41) is 8.78. The summed E-state index contributed by atoms with van der Waals surface area (Å²) in [6.07, 6.45) is 0. The molecule has 0 aliphatic carbocycles. The van der Waals surface area contributed by atoms with Crippen molar-refractivity contribution in [2.45, 2.75) is 6.92 Å². The van der Waals surface area contributed by atoms with Crippen LogP contribution < -0.4 is 10.5 Å². The maximum atomic E-state index is 11.1. The van der Waals surface area contributed by atoms with Crippen molar-refractivity contribution in [3.05, 3.63) is 22.7 Å². The third-order valence-corrected chi connectivity index (χ3v) is 2.26. The van der Waals surface area contributed by atoms with Gasteiger partial charge in [0.15, 0.2) is 5.78 Å². The van der Waals surface area contributed by atoms with E-state index in [0.717, 1.165) is 0 Å². The number of carbonyl (C=O) groups is 1. The molecule has 0 spiro atoms. The Morgan fingerprint density at radius 1 is 1.60 bits per heavy atom. The van der Waals surface area contributed by atoms with Crippen LogP contribution in [-0.2, 0) is 0 Å². The molecule has 0 heterocycles. The molecule has 82 valence electrons. The van der Waals surface area contributed by atoms with Crippen LogP contribution in [0.3, 0.4) is 0 Å². The SMILES string of the molecule is CC(=O)c1ccc(OCCO)c(Cl)c1N. The normalized spacial score (nSPS) is 10.1. The Morgan fingerprint density at radius 3 is 2.80 bits per heavy atom. The highest BCUT2D eigenvalue weighted by atomic mass is 35.5. The molecule has 0 saturated carbocycles. The number of halogens is 1. The number of hydrogen-bond donors (Lipinski definition) is 2. The van der Waals surface area contributed by atoms with Crippen LogP contribution in [-0.4, -0.2) is 24.1 Å². The van der Waals surface area contributed by atoms with Gasteiger partial charge in [-0.3, -0.25) is 4.79 Å². The number of nitrogen functional groups attached to an aromatic ring is 1. The lowest BCUT2D eigenvalue weighted by Gasteiger charge is -2.10. The number of aliphatic hydroxyl groups is 1. The number of benzene rings is 1. The molecule has 15 heavy (non-hydrogen) atoms. The quantitative estimate of drug-likeness (QED) is 0.606. The molecule has 0 aliphatic rings. The minimum Gasteiger partial charge on any atom is -0.490 e. The van der Waals surface area contributed by atoms with Gasteiger partial charge in [-0.2, -0.15) is 0 Å². The fourth-order valence-corrected chi connectivity index (χ4v) is 1.37. The summed E-state index contributed by atoms with van der Waals surface area (Å²) in [7, 11) is 0. The van der Waals surface area contributed by atoms with E-state index in [1.807, 2.05) is 0 Å². The van der Waals surface area contributed by atoms with Crippen molar-refractivity contribution in [1.29, 1.82) is 0 Å². The molecule has 1 rings (SSSR count). The first-order chi connectivity index (χ1) is 7.07. The van der Waals surface area contributed by atoms with Gasteiger partial charge in [-0.25, -0.2) is 0 Å². The van der Waals surface area contributed by atoms with Crippen LogP contribution in [0.4, 0.5) is 5.69 Å². The number of anilines is 1. The third-order valence-electron chi connectivity index (χ3n) is 1.87. The second-order valence-corrected chi connectivity index (χ2v) is 3.35. The highest BCUT2D eigenvalue weighted by molar-refractivity contribution is 6.35. The van der Waals surface area contributed by atoms with E-state index in [4.69, 9.17) is 27.2 Å². The van der Waals surface area contributed by atoms with E-state index >= 15 is 0 Å². The second kappa shape index (κ2) is 5.00. The van der Waals surface area contributed by atoms with Crippen LogP contribution in [0.15, 0.2) is 12.1 Å². The summed E-state index contributed by atoms with van der Waals surface area (Å²) in [5.74, 6) is 0.219. The fraction of sp³-hybridized carbons (Fsp3) is 0.300. The summed E-state index contributed by atoms with van der Waals surface area (Å²) >= 11 is 5.89. The van der Waals surface area contributed by atoms with Gasteiger partial charge in [-0.15, -0.1) is 0 Å². The van der Waals surface area contributed by atoms with E-state index in [1.165, 1.54) is 6.92 Å². The van der Waals surface area contributed by atoms with E-state index in [1.54, 1.807) is 12.1 Å². The molecule has 1 aromatic rings. The summed E-state index contributed by atoms with van der Waals surface area (Å²) in [4.78, 5) is 11.1. The van der Waals surface area contributed by atoms with Gasteiger partial charge in [0, 0.05) is 5.56 Å². The van der Waals surface area contributed by atoms with E-state index < -0.39 is 0 Å². The number of aliphatic hydroxyl groups excluding tert-OH is 1. The Labute approximate surface area is 92.6 Å². The average Bonchev–Trinajstić information content (AvgIpc) is 2.20. The van der Waals surface area contributed by atoms with Gasteiger partial charge in [0.2, 0.25) is 0 Å². The zero-order chi connectivity index (χ0) is 11.4. The van der Waals surface area contributed by atoms with Gasteiger partial charge in [0.1, 0.15) is 17.4 Å². The number of hydrogen-bond acceptors (Lipinski definition) is 4. The Morgan fingerprint density at radius 2 is 2.27 bits per heavy atom. The predicted molar refractivity (Wildman–Crippen MR) is 58.4 cm³/mol. The molecule has 0 aromatic heterocycles. The predicted octanol–water partition coefficient (Wildman–Crippen LogP) is 1.50. The van der Waals surface area contributed by atoms with Crippen LogP contribution in [0, 0.1) is 0 Å². The first-order valence-electron chi connectivity index (χ1n) is 4.40. The summed E-state index contributed by atoms with van der Waals surface area (Å²) in [5.41, 5.74) is 6.24. The number of Topliss-reactive ketones (excluding diaryl/α,β-unsaturated/α-hetero) is 1. The van der Waals surface area contributed by atoms with Gasteiger partial charge in [0.05, 0.1) is 12.3 Å². The number of ether oxygens (including phenoxy) is 1. The van der Waals surface area contributed by atoms with Crippen molar-refractivity contribution < 1.29 is 14.6 Å². The molecule has 3 N–H and O–H groups in total. The first kappa shape index (κ1) is 11.8. The van der Waals surface area contributed by atoms with Gasteiger partial charge in [-0.05, 0) is 19.1 Å². The van der Waals surface area contributed by atoms with E-state index in [0.29, 0.717) is 11.3 Å². The maximum Gasteiger partial charge on any atom is 0.161 e. The molecule has 0 unspecified atom stereocenters. The van der Waals surface area contributed by atoms with Gasteiger partial charge in [0.25, 0.3) is 0 Å². The lowest BCUT2D eigenvalue weighted by atomic mass is 10.1. The first-order valence-corrected chi connectivity index (χ1v) is 4.78. The smallest absolute Gasteiger partial charge is 0.161 e. The minimum atomic E-state index is -0.150. The standard InChI is InChI=1S/C10H12ClNO3/c1-6(14)7-2-3-8(15-5-4-13)9(11)10(7)12/h2-3,13H,4-5,12H2,1H3. The zero-order valence-electron chi connectivity index (χ0n) is 8.29. The van der Waals surface area contributed by atoms with Crippen LogP contribution in [0.5, 0.6) is 5.75 Å². The topological polar surface area (TPSA) is 72.5 Å². The lowest BCUT2D eigenvalue weighted by Crippen LogP contribution is -2.05. The van der Waals surface area contributed by atoms with E-state index in [2.05, 4.69) is 0 Å². The molecule has 0 aliphatic heterocycles. The fourth-order valence-electron chi connectivity index (χ4n) is 1.15. The highest BCUT2D eigenvalue weighted by Crippen LogP contribution is 2.33. The molecule has 1 aromatic carbocycles. The molecular formula is C10H12ClNO3. The van der Waals surface area contributed by atoms with E-state index in [9.17, 15) is 4.79 Å². The summed E-state index contributed by atoms with van der Waals surface area (Å²) in [6.45, 7) is 1.44. The molecule has 0 amide bonds. The molecule has 0 radical (unpaired) electrons. The van der Waals surface area contributed by atoms with Gasteiger partial charge >= 0.3 is 0 Å². The average molecular weight is 230 g/mol. The zero-order valence-corrected chi connectivity index (χ0v) is 9.04. The Kier molecular flexibility index (Phi) is 3.94. The molecule has 5 heteroatoms. The number of nitrogens with two attached hydrogens (primary N) is 1. The van der Waals surface area contributed by atoms with Crippen molar-refractivity contribution >= 4 is 23.1 Å². The molecular weight excluding hydrogens is 218 g/mol. The van der Waals surface area contributed by atoms with Crippen LogP contribution in [0.25, 0.3) is 0 Å². The van der Waals surface area contributed by atoms with Crippen molar-refractivity contribution in [3.63, 3.8) is 0 Å². The lowest BCUT2D eigenvalue weighted by molar-refractivity contribution is 0.101. The highest BCUT2D eigenvalue weighted by Gasteiger charge is 2.12.